The van der Waals surface area contributed by atoms with Gasteiger partial charge < -0.3 is 14.8 Å². The molecule has 0 spiro atoms. The molecule has 27 heavy (non-hydrogen) atoms. The molecule has 1 heterocycles. The van der Waals surface area contributed by atoms with Crippen molar-refractivity contribution in [1.82, 2.24) is 4.90 Å². The predicted octanol–water partition coefficient (Wildman–Crippen LogP) is -0.0820. The van der Waals surface area contributed by atoms with Crippen LogP contribution in [0.5, 0.6) is 0 Å². The molecule has 1 aliphatic rings. The molecule has 2 rings (SSSR count). The highest BCUT2D eigenvalue weighted by atomic mass is 32.2. The Morgan fingerprint density at radius 1 is 1.44 bits per heavy atom. The molecule has 1 aromatic rings. The molecule has 150 valence electrons. The summed E-state index contributed by atoms with van der Waals surface area (Å²) < 4.78 is 32.9. The maximum atomic E-state index is 11.7. The highest BCUT2D eigenvalue weighted by Crippen LogP contribution is 2.28. The number of hydrogen-bond acceptors (Lipinski definition) is 9. The molecule has 1 saturated heterocycles. The van der Waals surface area contributed by atoms with Gasteiger partial charge in [0, 0.05) is 31.7 Å². The quantitative estimate of drug-likeness (QED) is 0.345. The number of rotatable bonds is 8. The predicted molar refractivity (Wildman–Crippen MR) is 95.8 cm³/mol. The average molecular weight is 402 g/mol. The number of methoxy groups -OCH3 is 1. The second-order valence-electron chi connectivity index (χ2n) is 6.02. The minimum Gasteiger partial charge on any atom is -0.469 e. The van der Waals surface area contributed by atoms with E-state index in [0.717, 1.165) is 6.07 Å². The Bertz CT molecular complexity index is 793. The Balaban J connectivity index is 2.26. The van der Waals surface area contributed by atoms with E-state index in [2.05, 4.69) is 10.2 Å². The van der Waals surface area contributed by atoms with E-state index >= 15 is 0 Å². The van der Waals surface area contributed by atoms with Gasteiger partial charge in [0.25, 0.3) is 5.69 Å². The highest BCUT2D eigenvalue weighted by molar-refractivity contribution is 7.89. The Morgan fingerprint density at radius 3 is 2.67 bits per heavy atom. The lowest BCUT2D eigenvalue weighted by atomic mass is 10.1. The first-order valence-electron chi connectivity index (χ1n) is 8.15. The second kappa shape index (κ2) is 9.08. The first-order valence-corrected chi connectivity index (χ1v) is 9.70. The number of sulfonamides is 1. The standard InChI is InChI=1S/C15H22N4O7S/c1-25-15(20)8-11(10-18-4-6-26-7-5-18)17-13-3-2-12(27(16,23)24)9-14(13)19(21)22/h2-3,9,11,17H,4-8,10H2,1H3,(H2,16,23,24). The lowest BCUT2D eigenvalue weighted by Crippen LogP contribution is -2.44. The van der Waals surface area contributed by atoms with Gasteiger partial charge in [-0.1, -0.05) is 0 Å². The van der Waals surface area contributed by atoms with Crippen molar-refractivity contribution >= 4 is 27.4 Å². The van der Waals surface area contributed by atoms with Gasteiger partial charge in [-0.3, -0.25) is 19.8 Å². The van der Waals surface area contributed by atoms with Crippen LogP contribution >= 0.6 is 0 Å². The minimum atomic E-state index is -4.08. The van der Waals surface area contributed by atoms with E-state index in [1.807, 2.05) is 0 Å². The van der Waals surface area contributed by atoms with Crippen molar-refractivity contribution in [3.63, 3.8) is 0 Å². The van der Waals surface area contributed by atoms with Gasteiger partial charge in [0.2, 0.25) is 10.0 Å². The third-order valence-electron chi connectivity index (χ3n) is 4.08. The van der Waals surface area contributed by atoms with Gasteiger partial charge in [-0.05, 0) is 12.1 Å². The molecule has 1 atom stereocenters. The number of primary sulfonamides is 1. The topological polar surface area (TPSA) is 154 Å². The van der Waals surface area contributed by atoms with E-state index in [1.165, 1.54) is 19.2 Å². The van der Waals surface area contributed by atoms with Crippen LogP contribution in [0.25, 0.3) is 0 Å². The van der Waals surface area contributed by atoms with Crippen molar-refractivity contribution in [2.45, 2.75) is 17.4 Å². The molecule has 0 amide bonds. The van der Waals surface area contributed by atoms with Crippen LogP contribution in [-0.2, 0) is 24.3 Å². The third kappa shape index (κ3) is 6.13. The van der Waals surface area contributed by atoms with Gasteiger partial charge >= 0.3 is 5.97 Å². The number of nitrogens with zero attached hydrogens (tertiary/aromatic N) is 2. The lowest BCUT2D eigenvalue weighted by Gasteiger charge is -2.30. The molecule has 1 aliphatic heterocycles. The molecule has 11 nitrogen and oxygen atoms in total. The van der Waals surface area contributed by atoms with Crippen molar-refractivity contribution in [3.8, 4) is 0 Å². The van der Waals surface area contributed by atoms with E-state index in [-0.39, 0.29) is 17.0 Å². The Labute approximate surface area is 156 Å². The summed E-state index contributed by atoms with van der Waals surface area (Å²) >= 11 is 0. The fraction of sp³-hybridized carbons (Fsp3) is 0.533. The van der Waals surface area contributed by atoms with E-state index in [4.69, 9.17) is 14.6 Å². The largest absolute Gasteiger partial charge is 0.469 e. The van der Waals surface area contributed by atoms with Gasteiger partial charge in [0.1, 0.15) is 5.69 Å². The average Bonchev–Trinajstić information content (AvgIpc) is 2.61. The molecule has 0 bridgehead atoms. The number of carbonyl (C=O) groups is 1. The zero-order valence-corrected chi connectivity index (χ0v) is 15.6. The number of ether oxygens (including phenoxy) is 2. The first kappa shape index (κ1) is 21.0. The molecule has 0 saturated carbocycles. The third-order valence-corrected chi connectivity index (χ3v) is 4.99. The Hall–Kier alpha value is -2.28. The fourth-order valence-electron chi connectivity index (χ4n) is 2.72. The van der Waals surface area contributed by atoms with E-state index < -0.39 is 32.6 Å². The molecule has 0 aliphatic carbocycles. The number of nitro benzene ring substituents is 1. The summed E-state index contributed by atoms with van der Waals surface area (Å²) in [7, 11) is -2.82. The zero-order chi connectivity index (χ0) is 20.0. The number of nitrogens with two attached hydrogens (primary N) is 1. The molecule has 1 unspecified atom stereocenters. The molecule has 12 heteroatoms. The summed E-state index contributed by atoms with van der Waals surface area (Å²) in [5.41, 5.74) is -0.354. The van der Waals surface area contributed by atoms with Crippen molar-refractivity contribution in [1.29, 1.82) is 0 Å². The first-order chi connectivity index (χ1) is 12.7. The van der Waals surface area contributed by atoms with Crippen molar-refractivity contribution in [2.24, 2.45) is 5.14 Å². The molecular formula is C15H22N4O7S. The number of anilines is 1. The molecule has 0 aromatic heterocycles. The SMILES string of the molecule is COC(=O)CC(CN1CCOCC1)Nc1ccc(S(N)(=O)=O)cc1[N+](=O)[O-]. The smallest absolute Gasteiger partial charge is 0.307 e. The summed E-state index contributed by atoms with van der Waals surface area (Å²) in [4.78, 5) is 24.1. The summed E-state index contributed by atoms with van der Waals surface area (Å²) in [5.74, 6) is -0.468. The number of nitrogens with one attached hydrogen (secondary N) is 1. The van der Waals surface area contributed by atoms with E-state index in [9.17, 15) is 23.3 Å². The molecule has 1 fully saturated rings. The number of carbonyl (C=O) groups excluding carboxylic acids is 1. The highest BCUT2D eigenvalue weighted by Gasteiger charge is 2.24. The molecule has 0 radical (unpaired) electrons. The van der Waals surface area contributed by atoms with Crippen LogP contribution in [-0.4, -0.2) is 70.2 Å². The van der Waals surface area contributed by atoms with E-state index in [0.29, 0.717) is 32.8 Å². The van der Waals surface area contributed by atoms with Crippen molar-refractivity contribution in [3.05, 3.63) is 28.3 Å². The van der Waals surface area contributed by atoms with Gasteiger partial charge in [0.15, 0.2) is 0 Å². The number of nitro groups is 1. The molecule has 1 aromatic carbocycles. The molecular weight excluding hydrogens is 380 g/mol. The monoisotopic (exact) mass is 402 g/mol. The van der Waals surface area contributed by atoms with Gasteiger partial charge in [-0.25, -0.2) is 13.6 Å². The normalized spacial score (nSPS) is 16.5. The maximum absolute atomic E-state index is 11.7. The van der Waals surface area contributed by atoms with Crippen LogP contribution in [0.1, 0.15) is 6.42 Å². The van der Waals surface area contributed by atoms with Crippen LogP contribution < -0.4 is 10.5 Å². The van der Waals surface area contributed by atoms with Crippen LogP contribution in [0.2, 0.25) is 0 Å². The van der Waals surface area contributed by atoms with Crippen molar-refractivity contribution < 1.29 is 27.6 Å². The minimum absolute atomic E-state index is 0.0120. The summed E-state index contributed by atoms with van der Waals surface area (Å²) in [5, 5.41) is 19.4. The maximum Gasteiger partial charge on any atom is 0.307 e. The van der Waals surface area contributed by atoms with Gasteiger partial charge in [-0.15, -0.1) is 0 Å². The zero-order valence-electron chi connectivity index (χ0n) is 14.8. The Morgan fingerprint density at radius 2 is 2.11 bits per heavy atom. The number of benzene rings is 1. The number of esters is 1. The van der Waals surface area contributed by atoms with E-state index in [1.54, 1.807) is 0 Å². The van der Waals surface area contributed by atoms with Crippen molar-refractivity contribution in [2.75, 3.05) is 45.3 Å². The van der Waals surface area contributed by atoms with Gasteiger partial charge in [-0.2, -0.15) is 0 Å². The van der Waals surface area contributed by atoms with Crippen LogP contribution in [0.3, 0.4) is 0 Å². The lowest BCUT2D eigenvalue weighted by molar-refractivity contribution is -0.384. The van der Waals surface area contributed by atoms with Crippen LogP contribution in [0.4, 0.5) is 11.4 Å². The molecule has 3 N–H and O–H groups in total. The second-order valence-corrected chi connectivity index (χ2v) is 7.58. The summed E-state index contributed by atoms with van der Waals surface area (Å²) in [6, 6.07) is 2.85. The Kier molecular flexibility index (Phi) is 7.07. The van der Waals surface area contributed by atoms with Crippen LogP contribution in [0.15, 0.2) is 23.1 Å². The number of hydrogen-bond donors (Lipinski definition) is 2. The van der Waals surface area contributed by atoms with Crippen LogP contribution in [0, 0.1) is 10.1 Å². The number of morpholine rings is 1. The van der Waals surface area contributed by atoms with Gasteiger partial charge in [0.05, 0.1) is 36.6 Å². The summed E-state index contributed by atoms with van der Waals surface area (Å²) in [6.07, 6.45) is -0.0120. The summed E-state index contributed by atoms with van der Waals surface area (Å²) in [6.45, 7) is 2.91. The fourth-order valence-corrected chi connectivity index (χ4v) is 3.26.